The molecule has 252 valence electrons. The van der Waals surface area contributed by atoms with Gasteiger partial charge in [-0.15, -0.1) is 0 Å². The summed E-state index contributed by atoms with van der Waals surface area (Å²) in [6.07, 6.45) is -1.13. The molecule has 1 aliphatic carbocycles. The summed E-state index contributed by atoms with van der Waals surface area (Å²) >= 11 is 0. The maximum atomic E-state index is 13.9. The van der Waals surface area contributed by atoms with Crippen molar-refractivity contribution in [3.63, 3.8) is 0 Å². The molecule has 1 unspecified atom stereocenters. The van der Waals surface area contributed by atoms with Crippen LogP contribution in [0.1, 0.15) is 46.6 Å². The molecule has 0 fully saturated rings. The molecule has 5 aromatic carbocycles. The molecule has 9 nitrogen and oxygen atoms in total. The third-order valence-electron chi connectivity index (χ3n) is 8.97. The quantitative estimate of drug-likeness (QED) is 0.114. The van der Waals surface area contributed by atoms with E-state index in [0.29, 0.717) is 0 Å². The summed E-state index contributed by atoms with van der Waals surface area (Å²) in [6, 6.07) is 43.5. The van der Waals surface area contributed by atoms with Gasteiger partial charge in [0.05, 0.1) is 0 Å². The second-order valence-corrected chi connectivity index (χ2v) is 12.1. The summed E-state index contributed by atoms with van der Waals surface area (Å²) < 4.78 is 5.66. The molecular weight excluding hydrogens is 630 g/mol. The molecule has 0 saturated heterocycles. The smallest absolute Gasteiger partial charge is 0.407 e. The van der Waals surface area contributed by atoms with Gasteiger partial charge in [0, 0.05) is 12.3 Å². The SMILES string of the molecule is O=C(O)CNC(=O)C(CCC(=O)NC(c1ccccc1)(c1ccccc1)c1ccccc1)NC(=O)OCC1c2ccccc2-c2ccccc21. The number of hydrogen-bond donors (Lipinski definition) is 4. The molecule has 3 amide bonds. The second kappa shape index (κ2) is 15.3. The highest BCUT2D eigenvalue weighted by Gasteiger charge is 2.38. The summed E-state index contributed by atoms with van der Waals surface area (Å²) in [5.74, 6) is -2.56. The van der Waals surface area contributed by atoms with E-state index in [9.17, 15) is 24.3 Å². The Morgan fingerprint density at radius 1 is 0.660 bits per heavy atom. The Balaban J connectivity index is 1.20. The van der Waals surface area contributed by atoms with Crippen LogP contribution in [0.4, 0.5) is 4.79 Å². The van der Waals surface area contributed by atoms with Crippen molar-refractivity contribution in [2.75, 3.05) is 13.2 Å². The maximum Gasteiger partial charge on any atom is 0.407 e. The lowest BCUT2D eigenvalue weighted by Gasteiger charge is -2.37. The van der Waals surface area contributed by atoms with E-state index in [1.54, 1.807) is 0 Å². The first-order valence-electron chi connectivity index (χ1n) is 16.5. The minimum absolute atomic E-state index is 0.0254. The van der Waals surface area contributed by atoms with Crippen molar-refractivity contribution in [3.05, 3.63) is 167 Å². The van der Waals surface area contributed by atoms with E-state index in [4.69, 9.17) is 4.74 Å². The molecule has 4 N–H and O–H groups in total. The lowest BCUT2D eigenvalue weighted by atomic mass is 9.77. The zero-order valence-corrected chi connectivity index (χ0v) is 27.3. The predicted molar refractivity (Wildman–Crippen MR) is 189 cm³/mol. The fourth-order valence-corrected chi connectivity index (χ4v) is 6.67. The van der Waals surface area contributed by atoms with Gasteiger partial charge < -0.3 is 25.8 Å². The monoisotopic (exact) mass is 667 g/mol. The molecule has 0 spiro atoms. The van der Waals surface area contributed by atoms with Gasteiger partial charge in [-0.2, -0.15) is 0 Å². The lowest BCUT2D eigenvalue weighted by molar-refractivity contribution is -0.138. The molecule has 1 atom stereocenters. The Bertz CT molecular complexity index is 1820. The van der Waals surface area contributed by atoms with Gasteiger partial charge in [-0.05, 0) is 45.4 Å². The van der Waals surface area contributed by atoms with E-state index in [1.807, 2.05) is 140 Å². The predicted octanol–water partition coefficient (Wildman–Crippen LogP) is 5.98. The molecule has 0 bridgehead atoms. The summed E-state index contributed by atoms with van der Waals surface area (Å²) in [6.45, 7) is -0.620. The van der Waals surface area contributed by atoms with Gasteiger partial charge in [-0.1, -0.05) is 140 Å². The van der Waals surface area contributed by atoms with Crippen LogP contribution in [0.3, 0.4) is 0 Å². The fraction of sp³-hybridized carbons (Fsp3) is 0.171. The first-order chi connectivity index (χ1) is 24.4. The van der Waals surface area contributed by atoms with Crippen LogP contribution >= 0.6 is 0 Å². The molecule has 6 rings (SSSR count). The number of amides is 3. The van der Waals surface area contributed by atoms with Crippen molar-refractivity contribution in [1.82, 2.24) is 16.0 Å². The summed E-state index contributed by atoms with van der Waals surface area (Å²) in [5, 5.41) is 17.3. The van der Waals surface area contributed by atoms with Gasteiger partial charge in [-0.3, -0.25) is 14.4 Å². The van der Waals surface area contributed by atoms with Crippen LogP contribution < -0.4 is 16.0 Å². The Hall–Kier alpha value is -6.22. The number of hydrogen-bond acceptors (Lipinski definition) is 5. The van der Waals surface area contributed by atoms with E-state index < -0.39 is 36.1 Å². The second-order valence-electron chi connectivity index (χ2n) is 12.1. The standard InChI is InChI=1S/C41H37N3O6/c45-37(44-41(28-14-4-1-5-15-28,29-16-6-2-7-17-29)30-18-8-3-9-19-30)25-24-36(39(48)42-26-38(46)47)43-40(49)50-27-35-33-22-12-10-20-31(33)32-21-11-13-23-34(32)35/h1-23,35-36H,24-27H2,(H,42,48)(H,43,49)(H,44,45)(H,46,47). The van der Waals surface area contributed by atoms with Gasteiger partial charge in [0.2, 0.25) is 11.8 Å². The molecule has 50 heavy (non-hydrogen) atoms. The summed E-state index contributed by atoms with van der Waals surface area (Å²) in [5.41, 5.74) is 5.65. The molecule has 1 aliphatic rings. The number of carbonyl (C=O) groups excluding carboxylic acids is 3. The molecular formula is C41H37N3O6. The topological polar surface area (TPSA) is 134 Å². The fourth-order valence-electron chi connectivity index (χ4n) is 6.67. The van der Waals surface area contributed by atoms with Crippen molar-refractivity contribution >= 4 is 23.9 Å². The molecule has 0 radical (unpaired) electrons. The number of carboxylic acids is 1. The van der Waals surface area contributed by atoms with Gasteiger partial charge in [-0.25, -0.2) is 4.79 Å². The number of benzene rings is 5. The van der Waals surface area contributed by atoms with Crippen LogP contribution in [0.5, 0.6) is 0 Å². The molecule has 0 saturated carbocycles. The van der Waals surface area contributed by atoms with Gasteiger partial charge in [0.25, 0.3) is 0 Å². The van der Waals surface area contributed by atoms with Crippen molar-refractivity contribution in [2.45, 2.75) is 30.3 Å². The zero-order chi connectivity index (χ0) is 34.9. The normalized spacial score (nSPS) is 12.6. The Morgan fingerprint density at radius 2 is 1.12 bits per heavy atom. The number of alkyl carbamates (subject to hydrolysis) is 1. The first-order valence-corrected chi connectivity index (χ1v) is 16.5. The highest BCUT2D eigenvalue weighted by Crippen LogP contribution is 2.44. The Morgan fingerprint density at radius 3 is 1.60 bits per heavy atom. The minimum Gasteiger partial charge on any atom is -0.480 e. The first kappa shape index (κ1) is 33.7. The van der Waals surface area contributed by atoms with Crippen LogP contribution in [0, 0.1) is 0 Å². The van der Waals surface area contributed by atoms with Crippen LogP contribution in [-0.4, -0.2) is 48.2 Å². The van der Waals surface area contributed by atoms with Crippen LogP contribution in [0.25, 0.3) is 11.1 Å². The van der Waals surface area contributed by atoms with E-state index in [-0.39, 0.29) is 31.3 Å². The number of ether oxygens (including phenoxy) is 1. The van der Waals surface area contributed by atoms with Crippen LogP contribution in [0.2, 0.25) is 0 Å². The van der Waals surface area contributed by atoms with Crippen molar-refractivity contribution in [3.8, 4) is 11.1 Å². The molecule has 0 aromatic heterocycles. The van der Waals surface area contributed by atoms with Gasteiger partial charge >= 0.3 is 12.1 Å². The van der Waals surface area contributed by atoms with E-state index in [2.05, 4.69) is 16.0 Å². The third-order valence-corrected chi connectivity index (χ3v) is 8.97. The number of carbonyl (C=O) groups is 4. The van der Waals surface area contributed by atoms with Crippen LogP contribution in [0.15, 0.2) is 140 Å². The van der Waals surface area contributed by atoms with Crippen LogP contribution in [-0.2, 0) is 24.7 Å². The average Bonchev–Trinajstić information content (AvgIpc) is 3.48. The maximum absolute atomic E-state index is 13.9. The molecule has 0 aliphatic heterocycles. The average molecular weight is 668 g/mol. The number of aliphatic carboxylic acids is 1. The van der Waals surface area contributed by atoms with Crippen molar-refractivity contribution in [1.29, 1.82) is 0 Å². The molecule has 5 aromatic rings. The van der Waals surface area contributed by atoms with Crippen molar-refractivity contribution < 1.29 is 29.0 Å². The molecule has 9 heteroatoms. The largest absolute Gasteiger partial charge is 0.480 e. The Kier molecular flexibility index (Phi) is 10.3. The highest BCUT2D eigenvalue weighted by molar-refractivity contribution is 5.89. The summed E-state index contributed by atoms with van der Waals surface area (Å²) in [7, 11) is 0. The lowest BCUT2D eigenvalue weighted by Crippen LogP contribution is -2.50. The Labute approximate surface area is 290 Å². The number of nitrogens with one attached hydrogen (secondary N) is 3. The minimum atomic E-state index is -1.24. The van der Waals surface area contributed by atoms with E-state index in [1.165, 1.54) is 0 Å². The number of carboxylic acid groups (broad SMARTS) is 1. The van der Waals surface area contributed by atoms with Crippen molar-refractivity contribution in [2.24, 2.45) is 0 Å². The highest BCUT2D eigenvalue weighted by atomic mass is 16.5. The molecule has 0 heterocycles. The van der Waals surface area contributed by atoms with E-state index >= 15 is 0 Å². The number of rotatable bonds is 13. The van der Waals surface area contributed by atoms with E-state index in [0.717, 1.165) is 38.9 Å². The zero-order valence-electron chi connectivity index (χ0n) is 27.3. The number of fused-ring (bicyclic) bond motifs is 3. The summed E-state index contributed by atoms with van der Waals surface area (Å²) in [4.78, 5) is 51.5. The van der Waals surface area contributed by atoms with Gasteiger partial charge in [0.1, 0.15) is 24.7 Å². The third kappa shape index (κ3) is 7.27. The van der Waals surface area contributed by atoms with Gasteiger partial charge in [0.15, 0.2) is 0 Å².